The van der Waals surface area contributed by atoms with E-state index in [1.54, 1.807) is 11.0 Å². The zero-order chi connectivity index (χ0) is 18.5. The molecule has 1 fully saturated rings. The molecule has 1 amide bonds. The molecule has 0 bridgehead atoms. The van der Waals surface area contributed by atoms with Crippen molar-refractivity contribution in [2.45, 2.75) is 26.9 Å². The Hall–Kier alpha value is -2.66. The van der Waals surface area contributed by atoms with Gasteiger partial charge >= 0.3 is 0 Å². The van der Waals surface area contributed by atoms with Gasteiger partial charge in [-0.2, -0.15) is 0 Å². The molecule has 26 heavy (non-hydrogen) atoms. The fraction of sp³-hybridized carbons (Fsp3) is 0.238. The van der Waals surface area contributed by atoms with Gasteiger partial charge in [0.1, 0.15) is 18.1 Å². The number of ether oxygens (including phenoxy) is 1. The van der Waals surface area contributed by atoms with Gasteiger partial charge in [0.15, 0.2) is 5.11 Å². The summed E-state index contributed by atoms with van der Waals surface area (Å²) in [4.78, 5) is 14.1. The van der Waals surface area contributed by atoms with Crippen molar-refractivity contribution in [1.82, 2.24) is 10.2 Å². The van der Waals surface area contributed by atoms with Crippen molar-refractivity contribution in [2.24, 2.45) is 0 Å². The number of hydrogen-bond acceptors (Lipinski definition) is 3. The summed E-state index contributed by atoms with van der Waals surface area (Å²) in [5.74, 6) is 0.639. The van der Waals surface area contributed by atoms with E-state index in [0.717, 1.165) is 23.3 Å². The van der Waals surface area contributed by atoms with Gasteiger partial charge in [-0.3, -0.25) is 9.69 Å². The molecule has 1 N–H and O–H groups in total. The lowest BCUT2D eigenvalue weighted by molar-refractivity contribution is -0.122. The summed E-state index contributed by atoms with van der Waals surface area (Å²) in [6, 6.07) is 15.9. The Balaban J connectivity index is 1.78. The van der Waals surface area contributed by atoms with Gasteiger partial charge in [0.05, 0.1) is 0 Å². The van der Waals surface area contributed by atoms with E-state index < -0.39 is 0 Å². The quantitative estimate of drug-likeness (QED) is 0.619. The van der Waals surface area contributed by atoms with Gasteiger partial charge in [-0.15, -0.1) is 0 Å². The maximum atomic E-state index is 12.5. The summed E-state index contributed by atoms with van der Waals surface area (Å²) in [6.07, 6.45) is 2.66. The van der Waals surface area contributed by atoms with Crippen LogP contribution in [0.1, 0.15) is 30.0 Å². The molecule has 0 atom stereocenters. The number of thiocarbonyl (C=S) groups is 1. The van der Waals surface area contributed by atoms with Crippen LogP contribution in [0.2, 0.25) is 0 Å². The Morgan fingerprint density at radius 3 is 2.62 bits per heavy atom. The zero-order valence-corrected chi connectivity index (χ0v) is 15.8. The van der Waals surface area contributed by atoms with E-state index in [1.807, 2.05) is 31.2 Å². The molecule has 0 aliphatic carbocycles. The van der Waals surface area contributed by atoms with Gasteiger partial charge in [-0.1, -0.05) is 55.0 Å². The predicted molar refractivity (Wildman–Crippen MR) is 108 cm³/mol. The number of carbonyl (C=O) groups excluding carboxylic acids is 1. The number of amides is 1. The molecular formula is C21H22N2O2S. The van der Waals surface area contributed by atoms with Crippen LogP contribution < -0.4 is 10.1 Å². The molecule has 2 aromatic carbocycles. The van der Waals surface area contributed by atoms with E-state index in [-0.39, 0.29) is 5.91 Å². The predicted octanol–water partition coefficient (Wildman–Crippen LogP) is 4.04. The van der Waals surface area contributed by atoms with E-state index in [1.165, 1.54) is 5.56 Å². The van der Waals surface area contributed by atoms with E-state index in [9.17, 15) is 4.79 Å². The molecule has 1 saturated heterocycles. The molecule has 0 unspecified atom stereocenters. The van der Waals surface area contributed by atoms with E-state index in [4.69, 9.17) is 17.0 Å². The van der Waals surface area contributed by atoms with Crippen LogP contribution in [0.4, 0.5) is 0 Å². The summed E-state index contributed by atoms with van der Waals surface area (Å²) in [6.45, 7) is 5.17. The Labute approximate surface area is 159 Å². The first-order valence-electron chi connectivity index (χ1n) is 8.70. The van der Waals surface area contributed by atoms with Crippen molar-refractivity contribution in [3.05, 3.63) is 70.9 Å². The molecule has 1 aliphatic heterocycles. The number of carbonyl (C=O) groups is 1. The van der Waals surface area contributed by atoms with Crippen molar-refractivity contribution < 1.29 is 9.53 Å². The highest BCUT2D eigenvalue weighted by molar-refractivity contribution is 7.80. The van der Waals surface area contributed by atoms with Crippen molar-refractivity contribution >= 4 is 29.3 Å². The van der Waals surface area contributed by atoms with E-state index >= 15 is 0 Å². The topological polar surface area (TPSA) is 41.6 Å². The van der Waals surface area contributed by atoms with Gasteiger partial charge in [-0.25, -0.2) is 0 Å². The lowest BCUT2D eigenvalue weighted by Gasteiger charge is -2.11. The lowest BCUT2D eigenvalue weighted by atomic mass is 10.1. The van der Waals surface area contributed by atoms with Crippen LogP contribution in [-0.2, 0) is 11.4 Å². The zero-order valence-electron chi connectivity index (χ0n) is 15.0. The molecule has 2 aromatic rings. The average molecular weight is 366 g/mol. The van der Waals surface area contributed by atoms with Crippen LogP contribution in [0, 0.1) is 6.92 Å². The highest BCUT2D eigenvalue weighted by Crippen LogP contribution is 2.24. The third-order valence-electron chi connectivity index (χ3n) is 4.14. The molecule has 0 spiro atoms. The fourth-order valence-electron chi connectivity index (χ4n) is 2.73. The minimum atomic E-state index is -0.0924. The van der Waals surface area contributed by atoms with Crippen molar-refractivity contribution in [3.63, 3.8) is 0 Å². The third-order valence-corrected chi connectivity index (χ3v) is 4.47. The SMILES string of the molecule is CCCN1C(=O)/C(=C/c2ccccc2OCc2ccc(C)cc2)NC1=S. The van der Waals surface area contributed by atoms with Gasteiger partial charge in [-0.05, 0) is 43.3 Å². The average Bonchev–Trinajstić information content (AvgIpc) is 2.90. The summed E-state index contributed by atoms with van der Waals surface area (Å²) in [7, 11) is 0. The molecular weight excluding hydrogens is 344 g/mol. The monoisotopic (exact) mass is 366 g/mol. The Morgan fingerprint density at radius 1 is 1.15 bits per heavy atom. The maximum Gasteiger partial charge on any atom is 0.276 e. The minimum Gasteiger partial charge on any atom is -0.488 e. The van der Waals surface area contributed by atoms with Crippen molar-refractivity contribution in [1.29, 1.82) is 0 Å². The van der Waals surface area contributed by atoms with Crippen molar-refractivity contribution in [3.8, 4) is 5.75 Å². The van der Waals surface area contributed by atoms with Gasteiger partial charge in [0.2, 0.25) is 0 Å². The molecule has 3 rings (SSSR count). The fourth-order valence-corrected chi connectivity index (χ4v) is 3.01. The second kappa shape index (κ2) is 8.15. The number of benzene rings is 2. The molecule has 134 valence electrons. The number of para-hydroxylation sites is 1. The number of rotatable bonds is 6. The van der Waals surface area contributed by atoms with E-state index in [2.05, 4.69) is 36.5 Å². The van der Waals surface area contributed by atoms with Crippen LogP contribution in [0.25, 0.3) is 6.08 Å². The number of nitrogens with one attached hydrogen (secondary N) is 1. The first-order chi connectivity index (χ1) is 12.6. The second-order valence-corrected chi connectivity index (χ2v) is 6.64. The molecule has 1 heterocycles. The highest BCUT2D eigenvalue weighted by Gasteiger charge is 2.29. The molecule has 0 aromatic heterocycles. The van der Waals surface area contributed by atoms with Crippen LogP contribution in [0.3, 0.4) is 0 Å². The molecule has 0 saturated carbocycles. The molecule has 4 nitrogen and oxygen atoms in total. The number of aryl methyl sites for hydroxylation is 1. The van der Waals surface area contributed by atoms with E-state index in [0.29, 0.717) is 24.0 Å². The Kier molecular flexibility index (Phi) is 5.68. The first kappa shape index (κ1) is 18.1. The molecule has 1 aliphatic rings. The summed E-state index contributed by atoms with van der Waals surface area (Å²) in [5, 5.41) is 3.47. The largest absolute Gasteiger partial charge is 0.488 e. The van der Waals surface area contributed by atoms with Crippen molar-refractivity contribution in [2.75, 3.05) is 6.54 Å². The summed E-state index contributed by atoms with van der Waals surface area (Å²) >= 11 is 5.26. The normalized spacial score (nSPS) is 15.5. The van der Waals surface area contributed by atoms with Crippen LogP contribution >= 0.6 is 12.2 Å². The standard InChI is InChI=1S/C21H22N2O2S/c1-3-12-23-20(24)18(22-21(23)26)13-17-6-4-5-7-19(17)25-14-16-10-8-15(2)9-11-16/h4-11,13H,3,12,14H2,1-2H3,(H,22,26)/b18-13-. The third kappa shape index (κ3) is 4.11. The summed E-state index contributed by atoms with van der Waals surface area (Å²) < 4.78 is 5.98. The smallest absolute Gasteiger partial charge is 0.276 e. The Morgan fingerprint density at radius 2 is 1.88 bits per heavy atom. The summed E-state index contributed by atoms with van der Waals surface area (Å²) in [5.41, 5.74) is 3.65. The van der Waals surface area contributed by atoms with Crippen LogP contribution in [-0.4, -0.2) is 22.5 Å². The van der Waals surface area contributed by atoms with Crippen LogP contribution in [0.15, 0.2) is 54.2 Å². The maximum absolute atomic E-state index is 12.5. The van der Waals surface area contributed by atoms with Gasteiger partial charge in [0.25, 0.3) is 5.91 Å². The second-order valence-electron chi connectivity index (χ2n) is 6.26. The van der Waals surface area contributed by atoms with Crippen LogP contribution in [0.5, 0.6) is 5.75 Å². The Bertz CT molecular complexity index is 843. The first-order valence-corrected chi connectivity index (χ1v) is 9.11. The molecule has 5 heteroatoms. The number of nitrogens with zero attached hydrogens (tertiary/aromatic N) is 1. The minimum absolute atomic E-state index is 0.0924. The number of hydrogen-bond donors (Lipinski definition) is 1. The van der Waals surface area contributed by atoms with Gasteiger partial charge < -0.3 is 10.1 Å². The molecule has 0 radical (unpaired) electrons. The van der Waals surface area contributed by atoms with Gasteiger partial charge in [0, 0.05) is 12.1 Å². The lowest BCUT2D eigenvalue weighted by Crippen LogP contribution is -2.31. The highest BCUT2D eigenvalue weighted by atomic mass is 32.1.